The van der Waals surface area contributed by atoms with Gasteiger partial charge in [0.2, 0.25) is 0 Å². The molecular formula is C25H28N6O2. The molecule has 1 aromatic carbocycles. The number of hydrogen-bond acceptors (Lipinski definition) is 4. The van der Waals surface area contributed by atoms with Crippen LogP contribution in [-0.4, -0.2) is 30.5 Å². The van der Waals surface area contributed by atoms with E-state index < -0.39 is 0 Å². The predicted molar refractivity (Wildman–Crippen MR) is 127 cm³/mol. The Labute approximate surface area is 191 Å². The molecule has 0 aliphatic heterocycles. The van der Waals surface area contributed by atoms with Gasteiger partial charge in [-0.3, -0.25) is 19.0 Å². The highest BCUT2D eigenvalue weighted by molar-refractivity contribution is 6.08. The van der Waals surface area contributed by atoms with Crippen LogP contribution < -0.4 is 10.9 Å². The van der Waals surface area contributed by atoms with Crippen molar-refractivity contribution in [2.75, 3.05) is 0 Å². The number of aromatic nitrogens is 5. The summed E-state index contributed by atoms with van der Waals surface area (Å²) >= 11 is 0. The summed E-state index contributed by atoms with van der Waals surface area (Å²) in [5, 5.41) is 12.7. The fourth-order valence-electron chi connectivity index (χ4n) is 4.88. The van der Waals surface area contributed by atoms with Gasteiger partial charge in [0.05, 0.1) is 29.5 Å². The van der Waals surface area contributed by atoms with E-state index >= 15 is 0 Å². The number of rotatable bonds is 5. The van der Waals surface area contributed by atoms with Gasteiger partial charge < -0.3 is 10.3 Å². The van der Waals surface area contributed by atoms with Gasteiger partial charge in [-0.2, -0.15) is 10.2 Å². The second kappa shape index (κ2) is 8.35. The smallest absolute Gasteiger partial charge is 0.253 e. The Hall–Kier alpha value is -3.68. The topological polar surface area (TPSA) is 97.6 Å². The first-order valence-corrected chi connectivity index (χ1v) is 11.4. The molecule has 1 aliphatic rings. The summed E-state index contributed by atoms with van der Waals surface area (Å²) in [5.41, 5.74) is 5.43. The Morgan fingerprint density at radius 3 is 2.61 bits per heavy atom. The summed E-state index contributed by atoms with van der Waals surface area (Å²) in [7, 11) is 1.87. The van der Waals surface area contributed by atoms with Crippen molar-refractivity contribution in [2.24, 2.45) is 7.05 Å². The van der Waals surface area contributed by atoms with Gasteiger partial charge >= 0.3 is 0 Å². The lowest BCUT2D eigenvalue weighted by atomic mass is 10.0. The van der Waals surface area contributed by atoms with Gasteiger partial charge in [-0.1, -0.05) is 12.8 Å². The molecule has 170 valence electrons. The molecule has 1 fully saturated rings. The maximum absolute atomic E-state index is 13.4. The molecule has 1 aliphatic carbocycles. The lowest BCUT2D eigenvalue weighted by Gasteiger charge is -2.14. The SMILES string of the molecule is Cc1cc(C)c(CNC(=O)c2cc(-c3cnn(C)c3)cc3c2cnn3C2CCCC2)c(=O)[nH]1. The molecule has 4 aromatic rings. The van der Waals surface area contributed by atoms with E-state index in [1.807, 2.05) is 39.2 Å². The Morgan fingerprint density at radius 2 is 1.91 bits per heavy atom. The Balaban J connectivity index is 1.55. The Morgan fingerprint density at radius 1 is 1.12 bits per heavy atom. The Kier molecular flexibility index (Phi) is 5.36. The van der Waals surface area contributed by atoms with Crippen LogP contribution in [-0.2, 0) is 13.6 Å². The van der Waals surface area contributed by atoms with Crippen molar-refractivity contribution in [1.82, 2.24) is 29.9 Å². The summed E-state index contributed by atoms with van der Waals surface area (Å²) in [5.74, 6) is -0.226. The van der Waals surface area contributed by atoms with Gasteiger partial charge in [0.15, 0.2) is 0 Å². The zero-order chi connectivity index (χ0) is 23.1. The number of fused-ring (bicyclic) bond motifs is 1. The fourth-order valence-corrected chi connectivity index (χ4v) is 4.88. The van der Waals surface area contributed by atoms with Crippen molar-refractivity contribution in [2.45, 2.75) is 52.1 Å². The molecule has 0 bridgehead atoms. The van der Waals surface area contributed by atoms with Crippen LogP contribution in [0.25, 0.3) is 22.0 Å². The molecule has 2 N–H and O–H groups in total. The lowest BCUT2D eigenvalue weighted by Crippen LogP contribution is -2.28. The molecule has 0 spiro atoms. The molecular weight excluding hydrogens is 416 g/mol. The normalized spacial score (nSPS) is 14.3. The zero-order valence-corrected chi connectivity index (χ0v) is 19.2. The average Bonchev–Trinajstić information content (AvgIpc) is 3.52. The number of benzene rings is 1. The number of carbonyl (C=O) groups is 1. The molecule has 8 nitrogen and oxygen atoms in total. The van der Waals surface area contributed by atoms with Crippen molar-refractivity contribution in [1.29, 1.82) is 0 Å². The zero-order valence-electron chi connectivity index (χ0n) is 19.2. The number of aryl methyl sites for hydroxylation is 3. The number of carbonyl (C=O) groups excluding carboxylic acids is 1. The average molecular weight is 445 g/mol. The van der Waals surface area contributed by atoms with Gasteiger partial charge in [-0.05, 0) is 56.0 Å². The summed E-state index contributed by atoms with van der Waals surface area (Å²) in [6.07, 6.45) is 10.1. The van der Waals surface area contributed by atoms with Gasteiger partial charge in [-0.15, -0.1) is 0 Å². The van der Waals surface area contributed by atoms with Crippen molar-refractivity contribution in [3.05, 3.63) is 69.5 Å². The summed E-state index contributed by atoms with van der Waals surface area (Å²) in [4.78, 5) is 28.6. The van der Waals surface area contributed by atoms with Crippen LogP contribution >= 0.6 is 0 Å². The quantitative estimate of drug-likeness (QED) is 0.489. The summed E-state index contributed by atoms with van der Waals surface area (Å²) < 4.78 is 3.83. The summed E-state index contributed by atoms with van der Waals surface area (Å²) in [6.45, 7) is 3.89. The van der Waals surface area contributed by atoms with Gasteiger partial charge in [0.25, 0.3) is 11.5 Å². The van der Waals surface area contributed by atoms with Crippen molar-refractivity contribution < 1.29 is 4.79 Å². The van der Waals surface area contributed by atoms with Crippen LogP contribution in [0.5, 0.6) is 0 Å². The number of H-pyrrole nitrogens is 1. The van der Waals surface area contributed by atoms with E-state index in [0.717, 1.165) is 46.1 Å². The molecule has 5 rings (SSSR count). The van der Waals surface area contributed by atoms with E-state index in [-0.39, 0.29) is 18.0 Å². The minimum atomic E-state index is -0.226. The number of amides is 1. The molecule has 0 saturated heterocycles. The van der Waals surface area contributed by atoms with Crippen LogP contribution in [0, 0.1) is 13.8 Å². The molecule has 0 radical (unpaired) electrons. The second-order valence-electron chi connectivity index (χ2n) is 9.01. The van der Waals surface area contributed by atoms with Gasteiger partial charge in [0.1, 0.15) is 0 Å². The second-order valence-corrected chi connectivity index (χ2v) is 9.01. The molecule has 0 unspecified atom stereocenters. The van der Waals surface area contributed by atoms with Crippen LogP contribution in [0.3, 0.4) is 0 Å². The van der Waals surface area contributed by atoms with Crippen molar-refractivity contribution in [3.63, 3.8) is 0 Å². The molecule has 3 heterocycles. The maximum Gasteiger partial charge on any atom is 0.253 e. The standard InChI is InChI=1S/C25H28N6O2/c1-15-8-16(2)29-25(33)21(15)12-26-24(32)20-9-17(18-11-27-30(3)14-18)10-23-22(20)13-28-31(23)19-6-4-5-7-19/h8-11,13-14,19H,4-7,12H2,1-3H3,(H,26,32)(H,29,33). The third-order valence-corrected chi connectivity index (χ3v) is 6.59. The number of nitrogens with one attached hydrogen (secondary N) is 2. The third kappa shape index (κ3) is 3.97. The van der Waals surface area contributed by atoms with E-state index in [1.165, 1.54) is 12.8 Å². The largest absolute Gasteiger partial charge is 0.348 e. The predicted octanol–water partition coefficient (Wildman–Crippen LogP) is 3.79. The van der Waals surface area contributed by atoms with Gasteiger partial charge in [-0.25, -0.2) is 0 Å². The van der Waals surface area contributed by atoms with E-state index in [4.69, 9.17) is 0 Å². The molecule has 8 heteroatoms. The minimum Gasteiger partial charge on any atom is -0.348 e. The first kappa shape index (κ1) is 21.2. The molecule has 1 amide bonds. The van der Waals surface area contributed by atoms with Gasteiger partial charge in [0, 0.05) is 42.0 Å². The fraction of sp³-hybridized carbons (Fsp3) is 0.360. The molecule has 1 saturated carbocycles. The highest BCUT2D eigenvalue weighted by Crippen LogP contribution is 2.34. The number of aromatic amines is 1. The Bertz CT molecular complexity index is 1400. The van der Waals surface area contributed by atoms with Crippen molar-refractivity contribution in [3.8, 4) is 11.1 Å². The van der Waals surface area contributed by atoms with Crippen molar-refractivity contribution >= 4 is 16.8 Å². The van der Waals surface area contributed by atoms with E-state index in [0.29, 0.717) is 17.2 Å². The lowest BCUT2D eigenvalue weighted by molar-refractivity contribution is 0.0952. The van der Waals surface area contributed by atoms with E-state index in [9.17, 15) is 9.59 Å². The highest BCUT2D eigenvalue weighted by atomic mass is 16.1. The van der Waals surface area contributed by atoms with E-state index in [1.54, 1.807) is 17.1 Å². The maximum atomic E-state index is 13.4. The van der Waals surface area contributed by atoms with E-state index in [2.05, 4.69) is 31.2 Å². The molecule has 33 heavy (non-hydrogen) atoms. The number of pyridine rings is 1. The number of nitrogens with zero attached hydrogens (tertiary/aromatic N) is 4. The highest BCUT2D eigenvalue weighted by Gasteiger charge is 2.23. The first-order chi connectivity index (χ1) is 15.9. The molecule has 3 aromatic heterocycles. The van der Waals surface area contributed by atoms with Crippen LogP contribution in [0.1, 0.15) is 58.9 Å². The third-order valence-electron chi connectivity index (χ3n) is 6.59. The monoisotopic (exact) mass is 444 g/mol. The number of hydrogen-bond donors (Lipinski definition) is 2. The minimum absolute atomic E-state index is 0.162. The first-order valence-electron chi connectivity index (χ1n) is 11.4. The molecule has 0 atom stereocenters. The van der Waals surface area contributed by atoms with Crippen LogP contribution in [0.15, 0.2) is 41.6 Å². The van der Waals surface area contributed by atoms with Crippen LogP contribution in [0.2, 0.25) is 0 Å². The summed E-state index contributed by atoms with van der Waals surface area (Å²) in [6, 6.07) is 6.26. The van der Waals surface area contributed by atoms with Crippen LogP contribution in [0.4, 0.5) is 0 Å².